The quantitative estimate of drug-likeness (QED) is 0.839. The number of aromatic nitrogens is 2. The molecule has 2 heterocycles. The van der Waals surface area contributed by atoms with Crippen molar-refractivity contribution in [2.45, 2.75) is 45.2 Å². The summed E-state index contributed by atoms with van der Waals surface area (Å²) in [5.41, 5.74) is 7.65. The monoisotopic (exact) mass is 256 g/mol. The standard InChI is InChI=1S/C15H20N4/c1-3-12-6-4-10(2)19(12)15-13-8-11(16)5-7-14(13)17-9-18-15/h5,7-10,12H,3-4,6,16H2,1-2H3. The summed E-state index contributed by atoms with van der Waals surface area (Å²) in [5, 5.41) is 1.06. The van der Waals surface area contributed by atoms with Crippen LogP contribution in [0.2, 0.25) is 0 Å². The van der Waals surface area contributed by atoms with E-state index in [1.165, 1.54) is 12.8 Å². The zero-order valence-corrected chi connectivity index (χ0v) is 11.5. The zero-order chi connectivity index (χ0) is 13.4. The van der Waals surface area contributed by atoms with Crippen molar-refractivity contribution in [3.8, 4) is 0 Å². The number of nitrogens with two attached hydrogens (primary N) is 1. The lowest BCUT2D eigenvalue weighted by Crippen LogP contribution is -2.35. The Morgan fingerprint density at radius 1 is 1.32 bits per heavy atom. The summed E-state index contributed by atoms with van der Waals surface area (Å²) in [7, 11) is 0. The van der Waals surface area contributed by atoms with Gasteiger partial charge in [0.05, 0.1) is 5.52 Å². The minimum absolute atomic E-state index is 0.532. The molecule has 0 radical (unpaired) electrons. The predicted molar refractivity (Wildman–Crippen MR) is 79.2 cm³/mol. The average molecular weight is 256 g/mol. The summed E-state index contributed by atoms with van der Waals surface area (Å²) < 4.78 is 0. The third-order valence-electron chi connectivity index (χ3n) is 4.14. The first-order chi connectivity index (χ1) is 9.20. The largest absolute Gasteiger partial charge is 0.399 e. The molecule has 2 atom stereocenters. The maximum absolute atomic E-state index is 5.92. The summed E-state index contributed by atoms with van der Waals surface area (Å²) in [6.07, 6.45) is 5.28. The van der Waals surface area contributed by atoms with E-state index < -0.39 is 0 Å². The van der Waals surface area contributed by atoms with Gasteiger partial charge in [-0.05, 0) is 44.4 Å². The molecule has 2 aromatic rings. The van der Waals surface area contributed by atoms with Gasteiger partial charge < -0.3 is 10.6 Å². The smallest absolute Gasteiger partial charge is 0.140 e. The topological polar surface area (TPSA) is 55.0 Å². The molecular weight excluding hydrogens is 236 g/mol. The van der Waals surface area contributed by atoms with Crippen LogP contribution < -0.4 is 10.6 Å². The van der Waals surface area contributed by atoms with E-state index >= 15 is 0 Å². The van der Waals surface area contributed by atoms with Crippen LogP contribution in [0.1, 0.15) is 33.1 Å². The molecule has 0 bridgehead atoms. The number of hydrogen-bond donors (Lipinski definition) is 1. The Bertz CT molecular complexity index is 596. The summed E-state index contributed by atoms with van der Waals surface area (Å²) in [6, 6.07) is 6.96. The number of rotatable bonds is 2. The van der Waals surface area contributed by atoms with E-state index in [4.69, 9.17) is 5.73 Å². The Morgan fingerprint density at radius 2 is 2.16 bits per heavy atom. The van der Waals surface area contributed by atoms with Crippen LogP contribution in [0.3, 0.4) is 0 Å². The number of anilines is 2. The molecule has 2 unspecified atom stereocenters. The van der Waals surface area contributed by atoms with Crippen LogP contribution in [0.15, 0.2) is 24.5 Å². The third-order valence-corrected chi connectivity index (χ3v) is 4.14. The molecule has 1 aliphatic heterocycles. The van der Waals surface area contributed by atoms with Crippen molar-refractivity contribution in [3.63, 3.8) is 0 Å². The van der Waals surface area contributed by atoms with Crippen LogP contribution in [-0.4, -0.2) is 22.1 Å². The second kappa shape index (κ2) is 4.68. The van der Waals surface area contributed by atoms with E-state index in [0.29, 0.717) is 12.1 Å². The summed E-state index contributed by atoms with van der Waals surface area (Å²) in [5.74, 6) is 1.04. The maximum atomic E-state index is 5.92. The van der Waals surface area contributed by atoms with Gasteiger partial charge in [0.15, 0.2) is 0 Å². The highest BCUT2D eigenvalue weighted by Gasteiger charge is 2.31. The highest BCUT2D eigenvalue weighted by molar-refractivity contribution is 5.91. The maximum Gasteiger partial charge on any atom is 0.140 e. The lowest BCUT2D eigenvalue weighted by atomic mass is 10.1. The first-order valence-corrected chi connectivity index (χ1v) is 6.99. The van der Waals surface area contributed by atoms with Gasteiger partial charge in [0.2, 0.25) is 0 Å². The Morgan fingerprint density at radius 3 is 2.95 bits per heavy atom. The van der Waals surface area contributed by atoms with Crippen LogP contribution in [0.4, 0.5) is 11.5 Å². The molecule has 1 fully saturated rings. The Hall–Kier alpha value is -1.84. The molecule has 1 saturated heterocycles. The number of fused-ring (bicyclic) bond motifs is 1. The average Bonchev–Trinajstić information content (AvgIpc) is 2.79. The summed E-state index contributed by atoms with van der Waals surface area (Å²) in [6.45, 7) is 4.52. The fourth-order valence-electron chi connectivity index (χ4n) is 3.12. The molecule has 3 rings (SSSR count). The van der Waals surface area contributed by atoms with Crippen molar-refractivity contribution in [3.05, 3.63) is 24.5 Å². The number of hydrogen-bond acceptors (Lipinski definition) is 4. The minimum Gasteiger partial charge on any atom is -0.399 e. The highest BCUT2D eigenvalue weighted by Crippen LogP contribution is 2.34. The molecule has 1 aliphatic rings. The highest BCUT2D eigenvalue weighted by atomic mass is 15.3. The van der Waals surface area contributed by atoms with Crippen molar-refractivity contribution in [1.82, 2.24) is 9.97 Å². The molecule has 4 heteroatoms. The number of benzene rings is 1. The molecule has 1 aromatic carbocycles. The molecule has 100 valence electrons. The molecule has 1 aromatic heterocycles. The van der Waals surface area contributed by atoms with Crippen molar-refractivity contribution in [2.24, 2.45) is 0 Å². The Balaban J connectivity index is 2.16. The van der Waals surface area contributed by atoms with Gasteiger partial charge >= 0.3 is 0 Å². The number of nitrogens with zero attached hydrogens (tertiary/aromatic N) is 3. The predicted octanol–water partition coefficient (Wildman–Crippen LogP) is 2.98. The molecular formula is C15H20N4. The molecule has 0 spiro atoms. The van der Waals surface area contributed by atoms with Crippen molar-refractivity contribution >= 4 is 22.4 Å². The molecule has 0 aliphatic carbocycles. The van der Waals surface area contributed by atoms with E-state index in [0.717, 1.165) is 28.8 Å². The van der Waals surface area contributed by atoms with Gasteiger partial charge in [-0.2, -0.15) is 0 Å². The Labute approximate surface area is 113 Å². The van der Waals surface area contributed by atoms with E-state index in [9.17, 15) is 0 Å². The van der Waals surface area contributed by atoms with Crippen LogP contribution in [0, 0.1) is 0 Å². The molecule has 0 amide bonds. The fraction of sp³-hybridized carbons (Fsp3) is 0.467. The van der Waals surface area contributed by atoms with E-state index in [2.05, 4.69) is 28.7 Å². The SMILES string of the molecule is CCC1CCC(C)N1c1ncnc2ccc(N)cc12. The molecule has 19 heavy (non-hydrogen) atoms. The van der Waals surface area contributed by atoms with Crippen LogP contribution >= 0.6 is 0 Å². The van der Waals surface area contributed by atoms with Gasteiger partial charge in [0.25, 0.3) is 0 Å². The normalized spacial score (nSPS) is 23.2. The van der Waals surface area contributed by atoms with Crippen molar-refractivity contribution in [2.75, 3.05) is 10.6 Å². The van der Waals surface area contributed by atoms with Gasteiger partial charge in [-0.25, -0.2) is 9.97 Å². The van der Waals surface area contributed by atoms with Crippen molar-refractivity contribution < 1.29 is 0 Å². The van der Waals surface area contributed by atoms with E-state index in [-0.39, 0.29) is 0 Å². The minimum atomic E-state index is 0.532. The third kappa shape index (κ3) is 2.01. The lowest BCUT2D eigenvalue weighted by Gasteiger charge is -2.30. The van der Waals surface area contributed by atoms with Crippen LogP contribution in [0.25, 0.3) is 10.9 Å². The van der Waals surface area contributed by atoms with E-state index in [1.807, 2.05) is 18.2 Å². The lowest BCUT2D eigenvalue weighted by molar-refractivity contribution is 0.623. The molecule has 2 N–H and O–H groups in total. The van der Waals surface area contributed by atoms with E-state index in [1.54, 1.807) is 6.33 Å². The summed E-state index contributed by atoms with van der Waals surface area (Å²) in [4.78, 5) is 11.3. The number of nitrogen functional groups attached to an aromatic ring is 1. The first-order valence-electron chi connectivity index (χ1n) is 6.99. The Kier molecular flexibility index (Phi) is 3.01. The fourth-order valence-corrected chi connectivity index (χ4v) is 3.12. The van der Waals surface area contributed by atoms with Crippen LogP contribution in [0.5, 0.6) is 0 Å². The first kappa shape index (κ1) is 12.2. The molecule has 4 nitrogen and oxygen atoms in total. The second-order valence-electron chi connectivity index (χ2n) is 5.37. The molecule has 0 saturated carbocycles. The van der Waals surface area contributed by atoms with Gasteiger partial charge in [-0.3, -0.25) is 0 Å². The second-order valence-corrected chi connectivity index (χ2v) is 5.37. The van der Waals surface area contributed by atoms with Gasteiger partial charge in [0.1, 0.15) is 12.1 Å². The van der Waals surface area contributed by atoms with Crippen molar-refractivity contribution in [1.29, 1.82) is 0 Å². The zero-order valence-electron chi connectivity index (χ0n) is 11.5. The van der Waals surface area contributed by atoms with Crippen LogP contribution in [-0.2, 0) is 0 Å². The van der Waals surface area contributed by atoms with Gasteiger partial charge in [-0.1, -0.05) is 6.92 Å². The van der Waals surface area contributed by atoms with Gasteiger partial charge in [-0.15, -0.1) is 0 Å². The van der Waals surface area contributed by atoms with Gasteiger partial charge in [0, 0.05) is 23.2 Å². The summed E-state index contributed by atoms with van der Waals surface area (Å²) >= 11 is 0.